The summed E-state index contributed by atoms with van der Waals surface area (Å²) >= 11 is 6.63. The minimum atomic E-state index is -0.181. The normalized spacial score (nSPS) is 21.6. The number of H-pyrrole nitrogens is 1. The van der Waals surface area contributed by atoms with E-state index < -0.39 is 0 Å². The summed E-state index contributed by atoms with van der Waals surface area (Å²) in [5, 5.41) is 3.00. The molecule has 2 fully saturated rings. The zero-order valence-electron chi connectivity index (χ0n) is 18.8. The summed E-state index contributed by atoms with van der Waals surface area (Å²) in [5.74, 6) is 0. The highest BCUT2D eigenvalue weighted by Crippen LogP contribution is 2.34. The molecule has 35 heavy (non-hydrogen) atoms. The third-order valence-corrected chi connectivity index (χ3v) is 7.14. The maximum atomic E-state index is 6.63. The molecule has 0 radical (unpaired) electrons. The second kappa shape index (κ2) is 8.34. The summed E-state index contributed by atoms with van der Waals surface area (Å²) in [6.07, 6.45) is 0.792. The van der Waals surface area contributed by atoms with E-state index in [2.05, 4.69) is 76.7 Å². The number of aromatic amines is 1. The number of halogens is 1. The first kappa shape index (κ1) is 20.9. The van der Waals surface area contributed by atoms with Crippen molar-refractivity contribution in [3.05, 3.63) is 77.8 Å². The molecule has 7 rings (SSSR count). The fourth-order valence-corrected chi connectivity index (χ4v) is 5.37. The number of ether oxygens (including phenoxy) is 3. The van der Waals surface area contributed by atoms with Gasteiger partial charge in [0.15, 0.2) is 11.8 Å². The van der Waals surface area contributed by atoms with Crippen LogP contribution >= 0.6 is 11.6 Å². The van der Waals surface area contributed by atoms with E-state index >= 15 is 0 Å². The number of fused-ring (bicyclic) bond motifs is 3. The molecule has 1 unspecified atom stereocenters. The molecule has 3 atom stereocenters. The number of nitrogens with one attached hydrogen (secondary N) is 1. The van der Waals surface area contributed by atoms with Gasteiger partial charge in [-0.05, 0) is 34.4 Å². The van der Waals surface area contributed by atoms with Crippen LogP contribution in [-0.4, -0.2) is 46.5 Å². The molecule has 0 amide bonds. The lowest BCUT2D eigenvalue weighted by molar-refractivity contribution is 0.0273. The van der Waals surface area contributed by atoms with E-state index in [4.69, 9.17) is 30.8 Å². The predicted molar refractivity (Wildman–Crippen MR) is 136 cm³/mol. The molecule has 2 aromatic heterocycles. The third kappa shape index (κ3) is 3.65. The SMILES string of the molecule is Clc1cc2[nH]c(OC3CO[C@@H]4CCO[C@H]34)nc2nc1-c1ccc(-c2cccc3ccccc23)cc1. The second-order valence-corrected chi connectivity index (χ2v) is 9.40. The van der Waals surface area contributed by atoms with E-state index in [1.165, 1.54) is 16.3 Å². The summed E-state index contributed by atoms with van der Waals surface area (Å²) in [6, 6.07) is 25.3. The first-order chi connectivity index (χ1) is 17.2. The summed E-state index contributed by atoms with van der Waals surface area (Å²) in [4.78, 5) is 12.5. The van der Waals surface area contributed by atoms with Crippen LogP contribution in [0.25, 0.3) is 44.3 Å². The van der Waals surface area contributed by atoms with Crippen LogP contribution in [0.4, 0.5) is 0 Å². The molecule has 0 spiro atoms. The smallest absolute Gasteiger partial charge is 0.296 e. The van der Waals surface area contributed by atoms with Crippen molar-refractivity contribution < 1.29 is 14.2 Å². The lowest BCUT2D eigenvalue weighted by Gasteiger charge is -2.15. The summed E-state index contributed by atoms with van der Waals surface area (Å²) in [5.41, 5.74) is 5.24. The van der Waals surface area contributed by atoms with E-state index in [0.717, 1.165) is 23.1 Å². The van der Waals surface area contributed by atoms with E-state index in [0.29, 0.717) is 35.6 Å². The van der Waals surface area contributed by atoms with Gasteiger partial charge in [-0.15, -0.1) is 0 Å². The number of hydrogen-bond acceptors (Lipinski definition) is 5. The number of benzene rings is 3. The van der Waals surface area contributed by atoms with Gasteiger partial charge >= 0.3 is 0 Å². The molecule has 0 aliphatic carbocycles. The highest BCUT2D eigenvalue weighted by atomic mass is 35.5. The summed E-state index contributed by atoms with van der Waals surface area (Å²) in [7, 11) is 0. The highest BCUT2D eigenvalue weighted by Gasteiger charge is 2.43. The van der Waals surface area contributed by atoms with Gasteiger partial charge in [-0.25, -0.2) is 4.98 Å². The summed E-state index contributed by atoms with van der Waals surface area (Å²) < 4.78 is 17.6. The van der Waals surface area contributed by atoms with Crippen molar-refractivity contribution in [1.29, 1.82) is 0 Å². The number of nitrogens with zero attached hydrogens (tertiary/aromatic N) is 2. The van der Waals surface area contributed by atoms with Gasteiger partial charge in [0.1, 0.15) is 6.10 Å². The molecule has 6 nitrogen and oxygen atoms in total. The van der Waals surface area contributed by atoms with Crippen LogP contribution in [0, 0.1) is 0 Å². The van der Waals surface area contributed by atoms with Gasteiger partial charge in [0.05, 0.1) is 28.9 Å². The van der Waals surface area contributed by atoms with Crippen LogP contribution < -0.4 is 4.74 Å². The van der Waals surface area contributed by atoms with Crippen molar-refractivity contribution >= 4 is 33.5 Å². The molecule has 5 aromatic rings. The number of aromatic nitrogens is 3. The van der Waals surface area contributed by atoms with Gasteiger partial charge in [0.25, 0.3) is 6.01 Å². The van der Waals surface area contributed by atoms with Crippen LogP contribution in [0.3, 0.4) is 0 Å². The Morgan fingerprint density at radius 1 is 0.914 bits per heavy atom. The monoisotopic (exact) mass is 483 g/mol. The van der Waals surface area contributed by atoms with Gasteiger partial charge in [-0.2, -0.15) is 4.98 Å². The molecule has 174 valence electrons. The van der Waals surface area contributed by atoms with Gasteiger partial charge in [-0.1, -0.05) is 78.3 Å². The van der Waals surface area contributed by atoms with Crippen molar-refractivity contribution in [1.82, 2.24) is 15.0 Å². The average molecular weight is 484 g/mol. The topological polar surface area (TPSA) is 69.3 Å². The van der Waals surface area contributed by atoms with Crippen LogP contribution in [-0.2, 0) is 9.47 Å². The predicted octanol–water partition coefficient (Wildman–Crippen LogP) is 6.03. The van der Waals surface area contributed by atoms with Crippen LogP contribution in [0.2, 0.25) is 5.02 Å². The summed E-state index contributed by atoms with van der Waals surface area (Å²) in [6.45, 7) is 1.20. The Kier molecular flexibility index (Phi) is 4.98. The quantitative estimate of drug-likeness (QED) is 0.338. The fraction of sp³-hybridized carbons (Fsp3) is 0.214. The van der Waals surface area contributed by atoms with E-state index in [1.54, 1.807) is 0 Å². The Bertz CT molecular complexity index is 1540. The van der Waals surface area contributed by atoms with Gasteiger partial charge in [0.2, 0.25) is 0 Å². The van der Waals surface area contributed by atoms with Crippen molar-refractivity contribution in [2.24, 2.45) is 0 Å². The maximum Gasteiger partial charge on any atom is 0.296 e. The van der Waals surface area contributed by atoms with Crippen molar-refractivity contribution in [2.45, 2.75) is 24.7 Å². The Balaban J connectivity index is 1.18. The molecule has 0 bridgehead atoms. The number of rotatable bonds is 4. The minimum Gasteiger partial charge on any atom is -0.456 e. The Labute approximate surface area is 206 Å². The van der Waals surface area contributed by atoms with Crippen LogP contribution in [0.15, 0.2) is 72.8 Å². The molecule has 4 heterocycles. The van der Waals surface area contributed by atoms with Gasteiger partial charge in [0, 0.05) is 12.2 Å². The van der Waals surface area contributed by atoms with E-state index in [1.807, 2.05) is 6.07 Å². The molecular formula is C28H22ClN3O3. The van der Waals surface area contributed by atoms with Crippen LogP contribution in [0.1, 0.15) is 6.42 Å². The number of imidazole rings is 1. The molecule has 2 aliphatic heterocycles. The molecule has 7 heteroatoms. The van der Waals surface area contributed by atoms with Gasteiger partial charge < -0.3 is 19.2 Å². The third-order valence-electron chi connectivity index (χ3n) is 6.85. The molecule has 2 saturated heterocycles. The van der Waals surface area contributed by atoms with Crippen molar-refractivity contribution in [3.63, 3.8) is 0 Å². The van der Waals surface area contributed by atoms with Gasteiger partial charge in [-0.3, -0.25) is 0 Å². The van der Waals surface area contributed by atoms with E-state index in [9.17, 15) is 0 Å². The first-order valence-corrected chi connectivity index (χ1v) is 12.2. The molecule has 2 aliphatic rings. The zero-order chi connectivity index (χ0) is 23.4. The number of hydrogen-bond donors (Lipinski definition) is 1. The second-order valence-electron chi connectivity index (χ2n) is 8.99. The molecule has 1 N–H and O–H groups in total. The lowest BCUT2D eigenvalue weighted by Crippen LogP contribution is -2.32. The van der Waals surface area contributed by atoms with E-state index in [-0.39, 0.29) is 18.3 Å². The minimum absolute atomic E-state index is 0.0458. The number of pyridine rings is 1. The van der Waals surface area contributed by atoms with Crippen molar-refractivity contribution in [3.8, 4) is 28.4 Å². The maximum absolute atomic E-state index is 6.63. The fourth-order valence-electron chi connectivity index (χ4n) is 5.11. The zero-order valence-corrected chi connectivity index (χ0v) is 19.5. The Morgan fingerprint density at radius 3 is 2.66 bits per heavy atom. The first-order valence-electron chi connectivity index (χ1n) is 11.8. The van der Waals surface area contributed by atoms with Crippen molar-refractivity contribution in [2.75, 3.05) is 13.2 Å². The Hall–Kier alpha value is -3.45. The molecule has 0 saturated carbocycles. The largest absolute Gasteiger partial charge is 0.456 e. The Morgan fingerprint density at radius 2 is 1.74 bits per heavy atom. The average Bonchev–Trinajstić information content (AvgIpc) is 3.60. The standard InChI is InChI=1S/C28H22ClN3O3/c29-21-14-22-27(32-28(30-22)35-24-15-34-23-12-13-33-26(23)24)31-25(21)18-10-8-17(9-11-18)20-7-3-5-16-4-1-2-6-19(16)20/h1-11,14,23-24,26H,12-13,15H2,(H,30,31,32)/t23-,24?,26+/m1/s1. The van der Waals surface area contributed by atoms with Crippen LogP contribution in [0.5, 0.6) is 6.01 Å². The molecular weight excluding hydrogens is 462 g/mol. The highest BCUT2D eigenvalue weighted by molar-refractivity contribution is 6.33. The molecule has 3 aromatic carbocycles. The lowest BCUT2D eigenvalue weighted by atomic mass is 9.97.